The van der Waals surface area contributed by atoms with Crippen molar-refractivity contribution in [3.8, 4) is 0 Å². The Morgan fingerprint density at radius 3 is 2.50 bits per heavy atom. The molecule has 0 bridgehead atoms. The van der Waals surface area contributed by atoms with Crippen molar-refractivity contribution >= 4 is 5.78 Å². The standard InChI is InChI=1S/C10H10O2/c1-7(11)9-10(12-9)8-5-3-2-4-6-8/h2-6,9-10H,1H3/t9-,10-/m1/s1. The van der Waals surface area contributed by atoms with Gasteiger partial charge in [0.15, 0.2) is 5.78 Å². The van der Waals surface area contributed by atoms with Gasteiger partial charge in [0.1, 0.15) is 12.2 Å². The number of hydrogen-bond donors (Lipinski definition) is 0. The molecule has 2 rings (SSSR count). The molecule has 1 saturated heterocycles. The van der Waals surface area contributed by atoms with E-state index in [1.54, 1.807) is 6.92 Å². The van der Waals surface area contributed by atoms with E-state index in [-0.39, 0.29) is 18.0 Å². The molecular formula is C10H10O2. The van der Waals surface area contributed by atoms with Crippen molar-refractivity contribution < 1.29 is 9.53 Å². The normalized spacial score (nSPS) is 26.8. The molecule has 0 aliphatic carbocycles. The highest BCUT2D eigenvalue weighted by Crippen LogP contribution is 2.38. The first-order valence-electron chi connectivity index (χ1n) is 4.00. The maximum atomic E-state index is 10.9. The summed E-state index contributed by atoms with van der Waals surface area (Å²) in [5.74, 6) is 0.115. The van der Waals surface area contributed by atoms with Crippen molar-refractivity contribution in [2.45, 2.75) is 19.1 Å². The summed E-state index contributed by atoms with van der Waals surface area (Å²) in [7, 11) is 0. The SMILES string of the molecule is CC(=O)[C@H]1O[C@@H]1c1ccccc1. The lowest BCUT2D eigenvalue weighted by Gasteiger charge is -1.91. The Balaban J connectivity index is 2.11. The van der Waals surface area contributed by atoms with Crippen molar-refractivity contribution in [3.63, 3.8) is 0 Å². The van der Waals surface area contributed by atoms with Gasteiger partial charge in [0.25, 0.3) is 0 Å². The van der Waals surface area contributed by atoms with Crippen LogP contribution in [0.15, 0.2) is 30.3 Å². The molecule has 1 aliphatic rings. The lowest BCUT2D eigenvalue weighted by molar-refractivity contribution is -0.118. The summed E-state index contributed by atoms with van der Waals surface area (Å²) in [6, 6.07) is 9.82. The largest absolute Gasteiger partial charge is 0.356 e. The van der Waals surface area contributed by atoms with Gasteiger partial charge in [-0.2, -0.15) is 0 Å². The highest BCUT2D eigenvalue weighted by atomic mass is 16.6. The zero-order valence-electron chi connectivity index (χ0n) is 6.86. The van der Waals surface area contributed by atoms with Crippen LogP contribution >= 0.6 is 0 Å². The minimum absolute atomic E-state index is 0.0173. The molecule has 12 heavy (non-hydrogen) atoms. The third-order valence-corrected chi connectivity index (χ3v) is 2.02. The monoisotopic (exact) mass is 162 g/mol. The molecule has 0 unspecified atom stereocenters. The van der Waals surface area contributed by atoms with Crippen LogP contribution in [0.2, 0.25) is 0 Å². The van der Waals surface area contributed by atoms with Crippen LogP contribution in [0.5, 0.6) is 0 Å². The molecule has 2 heteroatoms. The smallest absolute Gasteiger partial charge is 0.161 e. The zero-order valence-corrected chi connectivity index (χ0v) is 6.86. The van der Waals surface area contributed by atoms with Crippen LogP contribution in [0.25, 0.3) is 0 Å². The lowest BCUT2D eigenvalue weighted by atomic mass is 10.1. The fourth-order valence-electron chi connectivity index (χ4n) is 1.32. The molecule has 2 nitrogen and oxygen atoms in total. The molecule has 0 radical (unpaired) electrons. The van der Waals surface area contributed by atoms with Gasteiger partial charge in [-0.15, -0.1) is 0 Å². The van der Waals surface area contributed by atoms with Crippen LogP contribution in [0.3, 0.4) is 0 Å². The minimum Gasteiger partial charge on any atom is -0.356 e. The summed E-state index contributed by atoms with van der Waals surface area (Å²) in [5, 5.41) is 0. The van der Waals surface area contributed by atoms with Crippen LogP contribution < -0.4 is 0 Å². The fourth-order valence-corrected chi connectivity index (χ4v) is 1.32. The Morgan fingerprint density at radius 1 is 1.33 bits per heavy atom. The summed E-state index contributed by atoms with van der Waals surface area (Å²) in [6.07, 6.45) is -0.170. The topological polar surface area (TPSA) is 29.6 Å². The Kier molecular flexibility index (Phi) is 1.70. The number of carbonyl (C=O) groups excluding carboxylic acids is 1. The molecule has 1 aromatic carbocycles. The average Bonchev–Trinajstić information content (AvgIpc) is 2.84. The first kappa shape index (κ1) is 7.50. The quantitative estimate of drug-likeness (QED) is 0.619. The number of rotatable bonds is 2. The van der Waals surface area contributed by atoms with Gasteiger partial charge in [0.05, 0.1) is 0 Å². The molecule has 1 aromatic rings. The van der Waals surface area contributed by atoms with Crippen LogP contribution in [-0.4, -0.2) is 11.9 Å². The van der Waals surface area contributed by atoms with Crippen molar-refractivity contribution in [2.24, 2.45) is 0 Å². The first-order valence-corrected chi connectivity index (χ1v) is 4.00. The summed E-state index contributed by atoms with van der Waals surface area (Å²) < 4.78 is 5.21. The van der Waals surface area contributed by atoms with E-state index in [4.69, 9.17) is 4.74 Å². The van der Waals surface area contributed by atoms with Crippen molar-refractivity contribution in [1.29, 1.82) is 0 Å². The number of benzene rings is 1. The van der Waals surface area contributed by atoms with E-state index in [9.17, 15) is 4.79 Å². The maximum Gasteiger partial charge on any atom is 0.161 e. The summed E-state index contributed by atoms with van der Waals surface area (Å²) in [6.45, 7) is 1.56. The van der Waals surface area contributed by atoms with E-state index in [0.717, 1.165) is 5.56 Å². The Hall–Kier alpha value is -1.15. The number of ketones is 1. The van der Waals surface area contributed by atoms with Crippen LogP contribution in [0.4, 0.5) is 0 Å². The molecule has 1 aliphatic heterocycles. The van der Waals surface area contributed by atoms with Gasteiger partial charge in [-0.3, -0.25) is 4.79 Å². The summed E-state index contributed by atoms with van der Waals surface area (Å²) in [5.41, 5.74) is 1.10. The number of ether oxygens (including phenoxy) is 1. The molecule has 0 aromatic heterocycles. The minimum atomic E-state index is -0.188. The van der Waals surface area contributed by atoms with Crippen molar-refractivity contribution in [1.82, 2.24) is 0 Å². The molecule has 62 valence electrons. The predicted octanol–water partition coefficient (Wildman–Crippen LogP) is 1.72. The summed E-state index contributed by atoms with van der Waals surface area (Å²) in [4.78, 5) is 10.9. The third kappa shape index (κ3) is 1.25. The van der Waals surface area contributed by atoms with Gasteiger partial charge in [-0.05, 0) is 12.5 Å². The molecule has 2 atom stereocenters. The highest BCUT2D eigenvalue weighted by molar-refractivity contribution is 5.83. The molecule has 0 saturated carbocycles. The van der Waals surface area contributed by atoms with Crippen molar-refractivity contribution in [3.05, 3.63) is 35.9 Å². The summed E-state index contributed by atoms with van der Waals surface area (Å²) >= 11 is 0. The third-order valence-electron chi connectivity index (χ3n) is 2.02. The van der Waals surface area contributed by atoms with E-state index in [2.05, 4.69) is 0 Å². The van der Waals surface area contributed by atoms with E-state index >= 15 is 0 Å². The van der Waals surface area contributed by atoms with Gasteiger partial charge in [0.2, 0.25) is 0 Å². The number of Topliss-reactive ketones (excluding diaryl/α,β-unsaturated/α-hetero) is 1. The van der Waals surface area contributed by atoms with E-state index in [1.807, 2.05) is 30.3 Å². The second-order valence-corrected chi connectivity index (χ2v) is 3.00. The molecule has 0 N–H and O–H groups in total. The maximum absolute atomic E-state index is 10.9. The second kappa shape index (κ2) is 2.72. The van der Waals surface area contributed by atoms with E-state index in [0.29, 0.717) is 0 Å². The highest BCUT2D eigenvalue weighted by Gasteiger charge is 2.43. The van der Waals surface area contributed by atoms with Crippen molar-refractivity contribution in [2.75, 3.05) is 0 Å². The van der Waals surface area contributed by atoms with Gasteiger partial charge in [0, 0.05) is 0 Å². The van der Waals surface area contributed by atoms with Gasteiger partial charge in [-0.1, -0.05) is 30.3 Å². The molecular weight excluding hydrogens is 152 g/mol. The number of epoxide rings is 1. The van der Waals surface area contributed by atoms with Crippen LogP contribution in [0, 0.1) is 0 Å². The average molecular weight is 162 g/mol. The van der Waals surface area contributed by atoms with Gasteiger partial charge in [-0.25, -0.2) is 0 Å². The molecule has 1 fully saturated rings. The lowest BCUT2D eigenvalue weighted by Crippen LogP contribution is -2.00. The molecule has 0 amide bonds. The first-order chi connectivity index (χ1) is 5.79. The van der Waals surface area contributed by atoms with Crippen LogP contribution in [-0.2, 0) is 9.53 Å². The van der Waals surface area contributed by atoms with Gasteiger partial charge >= 0.3 is 0 Å². The second-order valence-electron chi connectivity index (χ2n) is 3.00. The Labute approximate surface area is 71.2 Å². The predicted molar refractivity (Wildman–Crippen MR) is 44.7 cm³/mol. The van der Waals surface area contributed by atoms with Gasteiger partial charge < -0.3 is 4.74 Å². The Bertz CT molecular complexity index is 292. The van der Waals surface area contributed by atoms with Crippen LogP contribution in [0.1, 0.15) is 18.6 Å². The fraction of sp³-hybridized carbons (Fsp3) is 0.300. The van der Waals surface area contributed by atoms with E-state index < -0.39 is 0 Å². The molecule has 0 spiro atoms. The number of hydrogen-bond acceptors (Lipinski definition) is 2. The number of carbonyl (C=O) groups is 1. The zero-order chi connectivity index (χ0) is 8.55. The molecule has 1 heterocycles. The van der Waals surface area contributed by atoms with E-state index in [1.165, 1.54) is 0 Å². The Morgan fingerprint density at radius 2 is 2.00 bits per heavy atom.